The molecule has 0 saturated carbocycles. The Kier molecular flexibility index (Phi) is 4.07. The lowest BCUT2D eigenvalue weighted by molar-refractivity contribution is -0.132. The fourth-order valence-electron chi connectivity index (χ4n) is 1.88. The molecule has 1 amide bonds. The summed E-state index contributed by atoms with van der Waals surface area (Å²) in [5.74, 6) is -0.209. The standard InChI is InChI=1S/C12H15N3O3S2/c1-14-6-7-15(8-11(14)16)20(17,18)10-4-2-9(3-5-10)12(13)19/h2-5H,6-8H2,1H3,(H2,13,19). The van der Waals surface area contributed by atoms with Gasteiger partial charge in [0.05, 0.1) is 11.4 Å². The Morgan fingerprint density at radius 2 is 1.85 bits per heavy atom. The van der Waals surface area contributed by atoms with Crippen molar-refractivity contribution < 1.29 is 13.2 Å². The smallest absolute Gasteiger partial charge is 0.243 e. The summed E-state index contributed by atoms with van der Waals surface area (Å²) in [6.07, 6.45) is 0. The molecule has 0 aliphatic carbocycles. The van der Waals surface area contributed by atoms with Crippen LogP contribution in [0.5, 0.6) is 0 Å². The number of carbonyl (C=O) groups is 1. The van der Waals surface area contributed by atoms with E-state index in [0.29, 0.717) is 18.7 Å². The molecule has 2 N–H and O–H groups in total. The van der Waals surface area contributed by atoms with Crippen molar-refractivity contribution in [2.45, 2.75) is 4.90 Å². The van der Waals surface area contributed by atoms with Gasteiger partial charge in [0, 0.05) is 25.7 Å². The highest BCUT2D eigenvalue weighted by atomic mass is 32.2. The Bertz CT molecular complexity index is 640. The number of amides is 1. The van der Waals surface area contributed by atoms with Gasteiger partial charge in [-0.2, -0.15) is 4.31 Å². The van der Waals surface area contributed by atoms with E-state index in [1.807, 2.05) is 0 Å². The van der Waals surface area contributed by atoms with E-state index in [9.17, 15) is 13.2 Å². The van der Waals surface area contributed by atoms with Crippen LogP contribution in [-0.4, -0.2) is 55.2 Å². The molecule has 0 atom stereocenters. The van der Waals surface area contributed by atoms with Gasteiger partial charge in [0.25, 0.3) is 0 Å². The first-order valence-corrected chi connectivity index (χ1v) is 7.81. The van der Waals surface area contributed by atoms with Crippen molar-refractivity contribution in [3.63, 3.8) is 0 Å². The molecule has 1 fully saturated rings. The number of likely N-dealkylation sites (N-methyl/N-ethyl adjacent to an activating group) is 1. The van der Waals surface area contributed by atoms with Crippen molar-refractivity contribution in [3.8, 4) is 0 Å². The van der Waals surface area contributed by atoms with E-state index < -0.39 is 10.0 Å². The number of sulfonamides is 1. The van der Waals surface area contributed by atoms with E-state index in [0.717, 1.165) is 0 Å². The Morgan fingerprint density at radius 3 is 2.35 bits per heavy atom. The summed E-state index contributed by atoms with van der Waals surface area (Å²) in [6.45, 7) is 0.556. The van der Waals surface area contributed by atoms with Gasteiger partial charge in [-0.1, -0.05) is 24.4 Å². The van der Waals surface area contributed by atoms with Crippen LogP contribution in [0.3, 0.4) is 0 Å². The fourth-order valence-corrected chi connectivity index (χ4v) is 3.40. The average molecular weight is 313 g/mol. The molecule has 8 heteroatoms. The number of hydrogen-bond acceptors (Lipinski definition) is 4. The van der Waals surface area contributed by atoms with Crippen LogP contribution in [0.2, 0.25) is 0 Å². The zero-order valence-corrected chi connectivity index (χ0v) is 12.6. The molecule has 0 unspecified atom stereocenters. The fraction of sp³-hybridized carbons (Fsp3) is 0.333. The molecule has 1 aromatic rings. The normalized spacial score (nSPS) is 17.2. The summed E-state index contributed by atoms with van der Waals surface area (Å²) in [5, 5.41) is 0. The molecule has 1 aliphatic rings. The Balaban J connectivity index is 2.26. The third kappa shape index (κ3) is 2.82. The quantitative estimate of drug-likeness (QED) is 0.780. The van der Waals surface area contributed by atoms with E-state index in [4.69, 9.17) is 18.0 Å². The van der Waals surface area contributed by atoms with Crippen molar-refractivity contribution in [3.05, 3.63) is 29.8 Å². The van der Waals surface area contributed by atoms with Gasteiger partial charge in [-0.25, -0.2) is 8.42 Å². The van der Waals surface area contributed by atoms with Crippen LogP contribution in [0.1, 0.15) is 5.56 Å². The van der Waals surface area contributed by atoms with Crippen molar-refractivity contribution >= 4 is 33.1 Å². The summed E-state index contributed by atoms with van der Waals surface area (Å²) in [5.41, 5.74) is 6.08. The highest BCUT2D eigenvalue weighted by Crippen LogP contribution is 2.18. The van der Waals surface area contributed by atoms with Crippen LogP contribution in [0, 0.1) is 0 Å². The minimum absolute atomic E-state index is 0.129. The van der Waals surface area contributed by atoms with Gasteiger partial charge in [-0.15, -0.1) is 0 Å². The Hall–Kier alpha value is -1.51. The van der Waals surface area contributed by atoms with Gasteiger partial charge < -0.3 is 10.6 Å². The van der Waals surface area contributed by atoms with E-state index in [2.05, 4.69) is 0 Å². The molecule has 0 radical (unpaired) electrons. The largest absolute Gasteiger partial charge is 0.389 e. The molecular weight excluding hydrogens is 298 g/mol. The van der Waals surface area contributed by atoms with Crippen molar-refractivity contribution in [1.29, 1.82) is 0 Å². The molecule has 1 aromatic carbocycles. The molecule has 0 spiro atoms. The van der Waals surface area contributed by atoms with Crippen molar-refractivity contribution in [2.75, 3.05) is 26.7 Å². The summed E-state index contributed by atoms with van der Waals surface area (Å²) in [6, 6.07) is 6.03. The molecule has 108 valence electrons. The van der Waals surface area contributed by atoms with Crippen molar-refractivity contribution in [1.82, 2.24) is 9.21 Å². The van der Waals surface area contributed by atoms with Crippen LogP contribution in [-0.2, 0) is 14.8 Å². The van der Waals surface area contributed by atoms with Gasteiger partial charge in [-0.3, -0.25) is 4.79 Å². The summed E-state index contributed by atoms with van der Waals surface area (Å²) >= 11 is 4.82. The maximum absolute atomic E-state index is 12.4. The number of nitrogens with zero attached hydrogens (tertiary/aromatic N) is 2. The number of nitrogens with two attached hydrogens (primary N) is 1. The first-order chi connectivity index (χ1) is 9.32. The maximum Gasteiger partial charge on any atom is 0.243 e. The molecule has 6 nitrogen and oxygen atoms in total. The molecule has 20 heavy (non-hydrogen) atoms. The minimum Gasteiger partial charge on any atom is -0.389 e. The number of piperazine rings is 1. The zero-order chi connectivity index (χ0) is 14.9. The van der Waals surface area contributed by atoms with Crippen LogP contribution in [0.15, 0.2) is 29.2 Å². The SMILES string of the molecule is CN1CCN(S(=O)(=O)c2ccc(C(N)=S)cc2)CC1=O. The first-order valence-electron chi connectivity index (χ1n) is 5.96. The second-order valence-corrected chi connectivity index (χ2v) is 6.92. The predicted molar refractivity (Wildman–Crippen MR) is 78.7 cm³/mol. The van der Waals surface area contributed by atoms with Crippen LogP contribution < -0.4 is 5.73 Å². The van der Waals surface area contributed by atoms with Crippen molar-refractivity contribution in [2.24, 2.45) is 5.73 Å². The molecule has 1 aliphatic heterocycles. The first kappa shape index (κ1) is 14.9. The zero-order valence-electron chi connectivity index (χ0n) is 10.9. The number of carbonyl (C=O) groups excluding carboxylic acids is 1. The predicted octanol–water partition coefficient (Wildman–Crippen LogP) is -0.217. The van der Waals surface area contributed by atoms with E-state index in [1.54, 1.807) is 19.2 Å². The van der Waals surface area contributed by atoms with Gasteiger partial charge in [0.1, 0.15) is 4.99 Å². The lowest BCUT2D eigenvalue weighted by Crippen LogP contribution is -2.50. The molecule has 1 saturated heterocycles. The van der Waals surface area contributed by atoms with E-state index >= 15 is 0 Å². The molecule has 0 aromatic heterocycles. The number of rotatable bonds is 3. The van der Waals surface area contributed by atoms with Crippen LogP contribution >= 0.6 is 12.2 Å². The lowest BCUT2D eigenvalue weighted by Gasteiger charge is -2.31. The number of hydrogen-bond donors (Lipinski definition) is 1. The topological polar surface area (TPSA) is 83.7 Å². The second kappa shape index (κ2) is 5.47. The Labute approximate surface area is 123 Å². The lowest BCUT2D eigenvalue weighted by atomic mass is 10.2. The number of benzene rings is 1. The van der Waals surface area contributed by atoms with E-state index in [-0.39, 0.29) is 22.3 Å². The second-order valence-electron chi connectivity index (χ2n) is 4.54. The highest BCUT2D eigenvalue weighted by Gasteiger charge is 2.31. The van der Waals surface area contributed by atoms with Gasteiger partial charge in [-0.05, 0) is 12.1 Å². The summed E-state index contributed by atoms with van der Waals surface area (Å²) < 4.78 is 26.0. The van der Waals surface area contributed by atoms with Gasteiger partial charge >= 0.3 is 0 Å². The average Bonchev–Trinajstić information content (AvgIpc) is 2.41. The van der Waals surface area contributed by atoms with Gasteiger partial charge in [0.15, 0.2) is 0 Å². The molecular formula is C12H15N3O3S2. The number of thiocarbonyl (C=S) groups is 1. The third-order valence-corrected chi connectivity index (χ3v) is 5.29. The molecule has 0 bridgehead atoms. The molecule has 1 heterocycles. The summed E-state index contributed by atoms with van der Waals surface area (Å²) in [7, 11) is -2.00. The van der Waals surface area contributed by atoms with Gasteiger partial charge in [0.2, 0.25) is 15.9 Å². The summed E-state index contributed by atoms with van der Waals surface area (Å²) in [4.78, 5) is 13.5. The third-order valence-electron chi connectivity index (χ3n) is 3.20. The highest BCUT2D eigenvalue weighted by molar-refractivity contribution is 7.89. The maximum atomic E-state index is 12.4. The van der Waals surface area contributed by atoms with E-state index in [1.165, 1.54) is 21.3 Å². The minimum atomic E-state index is -3.66. The van der Waals surface area contributed by atoms with Crippen LogP contribution in [0.25, 0.3) is 0 Å². The van der Waals surface area contributed by atoms with Crippen LogP contribution in [0.4, 0.5) is 0 Å². The monoisotopic (exact) mass is 313 g/mol. The Morgan fingerprint density at radius 1 is 1.25 bits per heavy atom. The molecule has 2 rings (SSSR count).